The Kier molecular flexibility index (Phi) is 6.08. The molecule has 2 aromatic carbocycles. The summed E-state index contributed by atoms with van der Waals surface area (Å²) < 4.78 is 5.82. The molecule has 0 aliphatic carbocycles. The fourth-order valence-electron chi connectivity index (χ4n) is 2.06. The molecule has 0 atom stereocenters. The number of benzene rings is 2. The van der Waals surface area contributed by atoms with E-state index in [1.807, 2.05) is 37.3 Å². The first kappa shape index (κ1) is 17.4. The summed E-state index contributed by atoms with van der Waals surface area (Å²) in [6.45, 7) is 2.12. The van der Waals surface area contributed by atoms with Crippen molar-refractivity contribution in [1.82, 2.24) is 0 Å². The predicted octanol–water partition coefficient (Wildman–Crippen LogP) is 4.85. The molecule has 0 aliphatic heterocycles. The van der Waals surface area contributed by atoms with Gasteiger partial charge in [0, 0.05) is 33.9 Å². The van der Waals surface area contributed by atoms with Crippen LogP contribution in [0.15, 0.2) is 59.2 Å². The number of hydrogen-bond donors (Lipinski definition) is 1. The van der Waals surface area contributed by atoms with Crippen molar-refractivity contribution in [2.75, 3.05) is 7.05 Å². The van der Waals surface area contributed by atoms with Gasteiger partial charge in [0.15, 0.2) is 0 Å². The molecule has 0 aliphatic rings. The molecule has 120 valence electrons. The molecule has 0 spiro atoms. The van der Waals surface area contributed by atoms with Crippen molar-refractivity contribution in [1.29, 1.82) is 0 Å². The fourth-order valence-corrected chi connectivity index (χ4v) is 2.57. The van der Waals surface area contributed by atoms with Crippen molar-refractivity contribution in [3.05, 3.63) is 75.4 Å². The number of rotatable bonds is 5. The van der Waals surface area contributed by atoms with Crippen molar-refractivity contribution in [2.45, 2.75) is 13.5 Å². The van der Waals surface area contributed by atoms with Crippen molar-refractivity contribution in [3.63, 3.8) is 0 Å². The summed E-state index contributed by atoms with van der Waals surface area (Å²) in [5, 5.41) is 1.18. The van der Waals surface area contributed by atoms with E-state index in [-0.39, 0.29) is 0 Å². The fraction of sp³-hybridized carbons (Fsp3) is 0.167. The van der Waals surface area contributed by atoms with Crippen LogP contribution in [-0.2, 0) is 6.61 Å². The summed E-state index contributed by atoms with van der Waals surface area (Å²) in [6.07, 6.45) is 1.82. The minimum atomic E-state index is 0.298. The van der Waals surface area contributed by atoms with Crippen molar-refractivity contribution in [2.24, 2.45) is 10.7 Å². The Balaban J connectivity index is 2.19. The van der Waals surface area contributed by atoms with Crippen LogP contribution < -0.4 is 10.5 Å². The molecule has 0 aromatic heterocycles. The van der Waals surface area contributed by atoms with E-state index in [1.165, 1.54) is 0 Å². The summed E-state index contributed by atoms with van der Waals surface area (Å²) in [6, 6.07) is 13.0. The lowest BCUT2D eigenvalue weighted by Crippen LogP contribution is -2.03. The average Bonchev–Trinajstić information content (AvgIpc) is 2.52. The number of aliphatic imine (C=N–C) groups is 1. The quantitative estimate of drug-likeness (QED) is 0.784. The Hall–Kier alpha value is -1.97. The van der Waals surface area contributed by atoms with Gasteiger partial charge >= 0.3 is 0 Å². The second-order valence-corrected chi connectivity index (χ2v) is 5.83. The highest BCUT2D eigenvalue weighted by atomic mass is 35.5. The van der Waals surface area contributed by atoms with E-state index < -0.39 is 0 Å². The number of halogens is 2. The highest BCUT2D eigenvalue weighted by Gasteiger charge is 2.07. The van der Waals surface area contributed by atoms with E-state index in [1.54, 1.807) is 25.2 Å². The maximum atomic E-state index is 6.15. The first-order valence-corrected chi connectivity index (χ1v) is 7.83. The van der Waals surface area contributed by atoms with Gasteiger partial charge in [0.2, 0.25) is 0 Å². The Bertz CT molecular complexity index is 730. The smallest absolute Gasteiger partial charge is 0.120 e. The van der Waals surface area contributed by atoms with Crippen molar-refractivity contribution >= 4 is 28.9 Å². The highest BCUT2D eigenvalue weighted by molar-refractivity contribution is 6.35. The molecule has 0 heterocycles. The van der Waals surface area contributed by atoms with Gasteiger partial charge < -0.3 is 10.5 Å². The zero-order chi connectivity index (χ0) is 16.8. The predicted molar refractivity (Wildman–Crippen MR) is 97.6 cm³/mol. The van der Waals surface area contributed by atoms with Gasteiger partial charge in [-0.15, -0.1) is 0 Å². The molecule has 0 amide bonds. The summed E-state index contributed by atoms with van der Waals surface area (Å²) in [4.78, 5) is 4.25. The largest absolute Gasteiger partial charge is 0.489 e. The van der Waals surface area contributed by atoms with Crippen molar-refractivity contribution in [3.8, 4) is 5.75 Å². The zero-order valence-corrected chi connectivity index (χ0v) is 14.5. The lowest BCUT2D eigenvalue weighted by atomic mass is 10.1. The maximum Gasteiger partial charge on any atom is 0.120 e. The highest BCUT2D eigenvalue weighted by Crippen LogP contribution is 2.26. The van der Waals surface area contributed by atoms with E-state index in [0.717, 1.165) is 16.8 Å². The van der Waals surface area contributed by atoms with Crippen LogP contribution in [0.1, 0.15) is 18.1 Å². The summed E-state index contributed by atoms with van der Waals surface area (Å²) in [5.74, 6) is 0.711. The van der Waals surface area contributed by atoms with Crippen LogP contribution in [0.2, 0.25) is 10.0 Å². The zero-order valence-electron chi connectivity index (χ0n) is 13.0. The van der Waals surface area contributed by atoms with E-state index >= 15 is 0 Å². The van der Waals surface area contributed by atoms with E-state index in [2.05, 4.69) is 4.99 Å². The molecule has 0 radical (unpaired) electrons. The third-order valence-electron chi connectivity index (χ3n) is 3.18. The van der Waals surface area contributed by atoms with Crippen LogP contribution in [0.25, 0.3) is 0 Å². The standard InChI is InChI=1S/C18H18Cl2N2O/c1-12(21)9-18(22-2)13-5-3-6-14(10-13)23-11-15-16(19)7-4-8-17(15)20/h3-10H,11,21H2,1-2H3/b12-9-,22-18?. The lowest BCUT2D eigenvalue weighted by Gasteiger charge is -2.11. The first-order chi connectivity index (χ1) is 11.0. The number of hydrogen-bond acceptors (Lipinski definition) is 3. The monoisotopic (exact) mass is 348 g/mol. The van der Waals surface area contributed by atoms with Gasteiger partial charge in [-0.05, 0) is 37.3 Å². The van der Waals surface area contributed by atoms with Crippen LogP contribution in [-0.4, -0.2) is 12.8 Å². The molecule has 2 rings (SSSR count). The van der Waals surface area contributed by atoms with E-state index in [9.17, 15) is 0 Å². The molecule has 2 aromatic rings. The second kappa shape index (κ2) is 8.04. The summed E-state index contributed by atoms with van der Waals surface area (Å²) in [7, 11) is 1.73. The molecule has 2 N–H and O–H groups in total. The minimum absolute atomic E-state index is 0.298. The van der Waals surface area contributed by atoms with Crippen LogP contribution >= 0.6 is 23.2 Å². The van der Waals surface area contributed by atoms with Gasteiger partial charge in [0.1, 0.15) is 12.4 Å². The number of nitrogens with two attached hydrogens (primary N) is 1. The van der Waals surface area contributed by atoms with Crippen LogP contribution in [0.5, 0.6) is 5.75 Å². The summed E-state index contributed by atoms with van der Waals surface area (Å²) >= 11 is 12.3. The molecule has 0 saturated heterocycles. The SMILES string of the molecule is CN=C(/C=C(/C)N)c1cccc(OCc2c(Cl)cccc2Cl)c1. The molecular formula is C18H18Cl2N2O. The van der Waals surface area contributed by atoms with Crippen molar-refractivity contribution < 1.29 is 4.74 Å². The van der Waals surface area contributed by atoms with Crippen LogP contribution in [0.4, 0.5) is 0 Å². The Morgan fingerprint density at radius 3 is 2.43 bits per heavy atom. The molecule has 5 heteroatoms. The Morgan fingerprint density at radius 2 is 1.83 bits per heavy atom. The van der Waals surface area contributed by atoms with Crippen LogP contribution in [0.3, 0.4) is 0 Å². The molecular weight excluding hydrogens is 331 g/mol. The third kappa shape index (κ3) is 4.75. The topological polar surface area (TPSA) is 47.6 Å². The van der Waals surface area contributed by atoms with E-state index in [0.29, 0.717) is 28.1 Å². The van der Waals surface area contributed by atoms with Gasteiger partial charge in [-0.25, -0.2) is 0 Å². The van der Waals surface area contributed by atoms with Gasteiger partial charge in [-0.2, -0.15) is 0 Å². The number of nitrogens with zero attached hydrogens (tertiary/aromatic N) is 1. The molecule has 0 fully saturated rings. The summed E-state index contributed by atoms with van der Waals surface area (Å²) in [5.41, 5.74) is 8.92. The lowest BCUT2D eigenvalue weighted by molar-refractivity contribution is 0.306. The van der Waals surface area contributed by atoms with Gasteiger partial charge in [-0.1, -0.05) is 41.4 Å². The van der Waals surface area contributed by atoms with E-state index in [4.69, 9.17) is 33.7 Å². The molecule has 0 bridgehead atoms. The molecule has 23 heavy (non-hydrogen) atoms. The Morgan fingerprint density at radius 1 is 1.17 bits per heavy atom. The minimum Gasteiger partial charge on any atom is -0.489 e. The van der Waals surface area contributed by atoms with Gasteiger partial charge in [-0.3, -0.25) is 4.99 Å². The first-order valence-electron chi connectivity index (χ1n) is 7.08. The Labute approximate surface area is 146 Å². The maximum absolute atomic E-state index is 6.15. The van der Waals surface area contributed by atoms with Gasteiger partial charge in [0.05, 0.1) is 5.71 Å². The molecule has 0 saturated carbocycles. The third-order valence-corrected chi connectivity index (χ3v) is 3.89. The molecule has 3 nitrogen and oxygen atoms in total. The number of ether oxygens (including phenoxy) is 1. The van der Waals surface area contributed by atoms with Crippen LogP contribution in [0, 0.1) is 0 Å². The second-order valence-electron chi connectivity index (χ2n) is 5.01. The van der Waals surface area contributed by atoms with Gasteiger partial charge in [0.25, 0.3) is 0 Å². The number of allylic oxidation sites excluding steroid dienone is 2. The average molecular weight is 349 g/mol. The molecule has 0 unspecified atom stereocenters. The normalized spacial score (nSPS) is 12.3.